The van der Waals surface area contributed by atoms with Crippen LogP contribution in [0.3, 0.4) is 0 Å². The van der Waals surface area contributed by atoms with Crippen molar-refractivity contribution >= 4 is 22.2 Å². The summed E-state index contributed by atoms with van der Waals surface area (Å²) >= 11 is 1.56. The van der Waals surface area contributed by atoms with Gasteiger partial charge < -0.3 is 5.32 Å². The molecule has 0 unspecified atom stereocenters. The quantitative estimate of drug-likeness (QED) is 0.760. The Morgan fingerprint density at radius 3 is 2.91 bits per heavy atom. The van der Waals surface area contributed by atoms with Gasteiger partial charge in [-0.1, -0.05) is 29.8 Å². The zero-order valence-electron chi connectivity index (χ0n) is 12.5. The molecule has 0 aliphatic carbocycles. The zero-order valence-corrected chi connectivity index (χ0v) is 13.3. The number of thiazole rings is 1. The van der Waals surface area contributed by atoms with Gasteiger partial charge >= 0.3 is 0 Å². The summed E-state index contributed by atoms with van der Waals surface area (Å²) in [5.74, 6) is 0.0886. The molecule has 1 aromatic carbocycles. The van der Waals surface area contributed by atoms with Crippen LogP contribution in [-0.4, -0.2) is 27.0 Å². The van der Waals surface area contributed by atoms with E-state index in [1.807, 2.05) is 9.90 Å². The highest BCUT2D eigenvalue weighted by Gasteiger charge is 2.06. The number of hydrogen-bond acceptors (Lipinski definition) is 4. The molecule has 22 heavy (non-hydrogen) atoms. The predicted octanol–water partition coefficient (Wildman–Crippen LogP) is 2.39. The number of hydrogen-bond donors (Lipinski definition) is 1. The van der Waals surface area contributed by atoms with Gasteiger partial charge in [0, 0.05) is 24.8 Å². The lowest BCUT2D eigenvalue weighted by Crippen LogP contribution is -2.26. The van der Waals surface area contributed by atoms with Crippen molar-refractivity contribution in [2.75, 3.05) is 6.54 Å². The normalized spacial score (nSPS) is 11.0. The predicted molar refractivity (Wildman–Crippen MR) is 87.1 cm³/mol. The number of fused-ring (bicyclic) bond motifs is 1. The maximum absolute atomic E-state index is 11.9. The number of benzene rings is 1. The van der Waals surface area contributed by atoms with E-state index >= 15 is 0 Å². The fourth-order valence-electron chi connectivity index (χ4n) is 2.27. The summed E-state index contributed by atoms with van der Waals surface area (Å²) in [6, 6.07) is 8.31. The largest absolute Gasteiger partial charge is 0.356 e. The molecule has 0 fully saturated rings. The standard InChI is InChI=1S/C16H18N4OS/c1-12-2-4-13(5-3-12)6-7-15(21)17-9-8-14-10-22-16-18-11-19-20(14)16/h2-5,10-11H,6-9H2,1H3,(H,17,21). The van der Waals surface area contributed by atoms with Crippen LogP contribution in [0.2, 0.25) is 0 Å². The Bertz CT molecular complexity index is 760. The molecule has 5 nitrogen and oxygen atoms in total. The third-order valence-corrected chi connectivity index (χ3v) is 4.43. The van der Waals surface area contributed by atoms with E-state index in [2.05, 4.69) is 46.6 Å². The summed E-state index contributed by atoms with van der Waals surface area (Å²) in [4.78, 5) is 16.9. The lowest BCUT2D eigenvalue weighted by molar-refractivity contribution is -0.121. The molecule has 0 aliphatic heterocycles. The van der Waals surface area contributed by atoms with Gasteiger partial charge in [0.15, 0.2) is 0 Å². The van der Waals surface area contributed by atoms with E-state index in [-0.39, 0.29) is 5.91 Å². The van der Waals surface area contributed by atoms with Crippen molar-refractivity contribution in [2.45, 2.75) is 26.2 Å². The molecule has 0 spiro atoms. The molecule has 0 saturated heterocycles. The van der Waals surface area contributed by atoms with Gasteiger partial charge in [0.2, 0.25) is 10.9 Å². The zero-order chi connectivity index (χ0) is 15.4. The molecule has 1 amide bonds. The smallest absolute Gasteiger partial charge is 0.220 e. The molecule has 3 rings (SSSR count). The first kappa shape index (κ1) is 14.7. The molecule has 0 aliphatic rings. The summed E-state index contributed by atoms with van der Waals surface area (Å²) in [5, 5.41) is 9.16. The van der Waals surface area contributed by atoms with Gasteiger partial charge in [-0.2, -0.15) is 5.10 Å². The van der Waals surface area contributed by atoms with Crippen LogP contribution in [0.1, 0.15) is 23.2 Å². The maximum Gasteiger partial charge on any atom is 0.220 e. The maximum atomic E-state index is 11.9. The average Bonchev–Trinajstić information content (AvgIpc) is 3.11. The second-order valence-corrected chi connectivity index (χ2v) is 6.10. The minimum Gasteiger partial charge on any atom is -0.356 e. The van der Waals surface area contributed by atoms with Crippen LogP contribution in [0.15, 0.2) is 36.0 Å². The van der Waals surface area contributed by atoms with Crippen LogP contribution in [0, 0.1) is 6.92 Å². The molecular weight excluding hydrogens is 296 g/mol. The third-order valence-electron chi connectivity index (χ3n) is 3.55. The lowest BCUT2D eigenvalue weighted by atomic mass is 10.1. The summed E-state index contributed by atoms with van der Waals surface area (Å²) in [5.41, 5.74) is 3.52. The van der Waals surface area contributed by atoms with E-state index in [9.17, 15) is 4.79 Å². The summed E-state index contributed by atoms with van der Waals surface area (Å²) in [6.07, 6.45) is 3.61. The Balaban J connectivity index is 1.42. The lowest BCUT2D eigenvalue weighted by Gasteiger charge is -2.05. The van der Waals surface area contributed by atoms with Crippen LogP contribution >= 0.6 is 11.3 Å². The number of nitrogens with one attached hydrogen (secondary N) is 1. The van der Waals surface area contributed by atoms with Gasteiger partial charge in [-0.25, -0.2) is 9.50 Å². The second-order valence-electron chi connectivity index (χ2n) is 5.27. The van der Waals surface area contributed by atoms with Crippen molar-refractivity contribution in [3.8, 4) is 0 Å². The molecule has 0 radical (unpaired) electrons. The van der Waals surface area contributed by atoms with Crippen LogP contribution in [0.5, 0.6) is 0 Å². The number of aromatic nitrogens is 3. The van der Waals surface area contributed by atoms with Crippen LogP contribution < -0.4 is 5.32 Å². The highest BCUT2D eigenvalue weighted by atomic mass is 32.1. The molecule has 0 bridgehead atoms. The molecule has 2 aromatic heterocycles. The third kappa shape index (κ3) is 3.51. The van der Waals surface area contributed by atoms with Gasteiger partial charge in [0.1, 0.15) is 6.33 Å². The first-order chi connectivity index (χ1) is 10.7. The summed E-state index contributed by atoms with van der Waals surface area (Å²) in [7, 11) is 0. The van der Waals surface area contributed by atoms with Crippen molar-refractivity contribution in [2.24, 2.45) is 0 Å². The van der Waals surface area contributed by atoms with Crippen LogP contribution in [0.4, 0.5) is 0 Å². The molecule has 0 saturated carbocycles. The van der Waals surface area contributed by atoms with Crippen molar-refractivity contribution in [1.29, 1.82) is 0 Å². The van der Waals surface area contributed by atoms with Gasteiger partial charge in [0.25, 0.3) is 0 Å². The highest BCUT2D eigenvalue weighted by Crippen LogP contribution is 2.12. The molecule has 114 valence electrons. The number of nitrogens with zero attached hydrogens (tertiary/aromatic N) is 3. The van der Waals surface area contributed by atoms with Crippen LogP contribution in [-0.2, 0) is 17.6 Å². The molecule has 2 heterocycles. The molecule has 6 heteroatoms. The number of carbonyl (C=O) groups excluding carboxylic acids is 1. The molecule has 1 N–H and O–H groups in total. The molecule has 3 aromatic rings. The van der Waals surface area contributed by atoms with Crippen molar-refractivity contribution < 1.29 is 4.79 Å². The Labute approximate surface area is 133 Å². The summed E-state index contributed by atoms with van der Waals surface area (Å²) < 4.78 is 1.82. The van der Waals surface area contributed by atoms with E-state index in [0.29, 0.717) is 13.0 Å². The minimum absolute atomic E-state index is 0.0886. The van der Waals surface area contributed by atoms with E-state index < -0.39 is 0 Å². The topological polar surface area (TPSA) is 59.3 Å². The average molecular weight is 314 g/mol. The van der Waals surface area contributed by atoms with Gasteiger partial charge in [-0.05, 0) is 18.9 Å². The number of carbonyl (C=O) groups is 1. The van der Waals surface area contributed by atoms with Gasteiger partial charge in [0.05, 0.1) is 5.69 Å². The first-order valence-electron chi connectivity index (χ1n) is 7.31. The number of aryl methyl sites for hydroxylation is 2. The van der Waals surface area contributed by atoms with Gasteiger partial charge in [-0.15, -0.1) is 11.3 Å². The Hall–Kier alpha value is -2.21. The van der Waals surface area contributed by atoms with E-state index in [1.165, 1.54) is 11.1 Å². The number of amides is 1. The fourth-order valence-corrected chi connectivity index (χ4v) is 3.11. The first-order valence-corrected chi connectivity index (χ1v) is 8.19. The number of rotatable bonds is 6. The highest BCUT2D eigenvalue weighted by molar-refractivity contribution is 7.15. The minimum atomic E-state index is 0.0886. The Kier molecular flexibility index (Phi) is 4.48. The molecule has 0 atom stereocenters. The van der Waals surface area contributed by atoms with Crippen molar-refractivity contribution in [1.82, 2.24) is 19.9 Å². The van der Waals surface area contributed by atoms with Gasteiger partial charge in [-0.3, -0.25) is 4.79 Å². The monoisotopic (exact) mass is 314 g/mol. The fraction of sp³-hybridized carbons (Fsp3) is 0.312. The second kappa shape index (κ2) is 6.70. The van der Waals surface area contributed by atoms with Crippen LogP contribution in [0.25, 0.3) is 4.96 Å². The SMILES string of the molecule is Cc1ccc(CCC(=O)NCCc2csc3ncnn23)cc1. The van der Waals surface area contributed by atoms with Crippen molar-refractivity contribution in [3.05, 3.63) is 52.8 Å². The van der Waals surface area contributed by atoms with Crippen molar-refractivity contribution in [3.63, 3.8) is 0 Å². The summed E-state index contributed by atoms with van der Waals surface area (Å²) in [6.45, 7) is 2.69. The van der Waals surface area contributed by atoms with E-state index in [4.69, 9.17) is 0 Å². The molecular formula is C16H18N4OS. The van der Waals surface area contributed by atoms with E-state index in [0.717, 1.165) is 23.5 Å². The Morgan fingerprint density at radius 2 is 2.09 bits per heavy atom. The van der Waals surface area contributed by atoms with E-state index in [1.54, 1.807) is 17.7 Å². The Morgan fingerprint density at radius 1 is 1.27 bits per heavy atom.